The second-order valence-electron chi connectivity index (χ2n) is 8.63. The molecular weight excluding hydrogens is 446 g/mol. The van der Waals surface area contributed by atoms with Crippen LogP contribution in [0.5, 0.6) is 11.5 Å². The highest BCUT2D eigenvalue weighted by Gasteiger charge is 2.46. The Bertz CT molecular complexity index is 1320. The third-order valence-electron chi connectivity index (χ3n) is 6.16. The third-order valence-corrected chi connectivity index (χ3v) is 6.16. The zero-order valence-electron chi connectivity index (χ0n) is 19.3. The van der Waals surface area contributed by atoms with Crippen LogP contribution >= 0.6 is 0 Å². The van der Waals surface area contributed by atoms with Crippen LogP contribution in [0.2, 0.25) is 0 Å². The van der Waals surface area contributed by atoms with Crippen LogP contribution in [-0.2, 0) is 22.6 Å². The van der Waals surface area contributed by atoms with Gasteiger partial charge in [0.05, 0.1) is 24.4 Å². The van der Waals surface area contributed by atoms with Crippen LogP contribution in [-0.4, -0.2) is 34.4 Å². The molecule has 7 heteroatoms. The molecule has 1 saturated heterocycles. The van der Waals surface area contributed by atoms with E-state index in [0.29, 0.717) is 35.7 Å². The van der Waals surface area contributed by atoms with Gasteiger partial charge in [0.25, 0.3) is 11.7 Å². The molecule has 0 spiro atoms. The molecule has 0 radical (unpaired) electrons. The van der Waals surface area contributed by atoms with E-state index in [9.17, 15) is 14.7 Å². The molecule has 0 bridgehead atoms. The number of rotatable bonds is 7. The molecule has 3 heterocycles. The molecule has 178 valence electrons. The number of amides is 1. The monoisotopic (exact) mass is 471 g/mol. The average Bonchev–Trinajstić information content (AvgIpc) is 3.56. The van der Waals surface area contributed by atoms with E-state index in [1.165, 1.54) is 11.2 Å². The highest BCUT2D eigenvalue weighted by atomic mass is 16.5. The van der Waals surface area contributed by atoms with Crippen molar-refractivity contribution in [3.63, 3.8) is 0 Å². The van der Waals surface area contributed by atoms with Gasteiger partial charge in [-0.25, -0.2) is 0 Å². The number of fused-ring (bicyclic) bond motifs is 1. The summed E-state index contributed by atoms with van der Waals surface area (Å²) in [4.78, 5) is 27.9. The Kier molecular flexibility index (Phi) is 5.91. The number of hydrogen-bond acceptors (Lipinski definition) is 6. The Morgan fingerprint density at radius 2 is 2.06 bits per heavy atom. The van der Waals surface area contributed by atoms with Crippen molar-refractivity contribution in [3.8, 4) is 11.5 Å². The maximum Gasteiger partial charge on any atom is 0.296 e. The number of benzene rings is 2. The molecule has 2 aliphatic heterocycles. The minimum atomic E-state index is -0.823. The summed E-state index contributed by atoms with van der Waals surface area (Å²) in [5.41, 5.74) is 2.07. The van der Waals surface area contributed by atoms with Gasteiger partial charge in [-0.05, 0) is 60.5 Å². The Labute approximate surface area is 202 Å². The van der Waals surface area contributed by atoms with Crippen LogP contribution in [0.1, 0.15) is 35.4 Å². The number of likely N-dealkylation sites (tertiary alicyclic amines) is 1. The lowest BCUT2D eigenvalue weighted by Crippen LogP contribution is -2.29. The minimum Gasteiger partial charge on any atom is -0.507 e. The van der Waals surface area contributed by atoms with Gasteiger partial charge in [-0.1, -0.05) is 24.8 Å². The van der Waals surface area contributed by atoms with E-state index in [0.717, 1.165) is 11.3 Å². The summed E-state index contributed by atoms with van der Waals surface area (Å²) >= 11 is 0. The molecule has 0 aliphatic carbocycles. The van der Waals surface area contributed by atoms with Gasteiger partial charge in [-0.15, -0.1) is 0 Å². The largest absolute Gasteiger partial charge is 0.507 e. The van der Waals surface area contributed by atoms with E-state index in [2.05, 4.69) is 6.58 Å². The van der Waals surface area contributed by atoms with Crippen molar-refractivity contribution in [2.45, 2.75) is 32.0 Å². The molecule has 2 aliphatic rings. The summed E-state index contributed by atoms with van der Waals surface area (Å²) < 4.78 is 16.9. The molecule has 35 heavy (non-hydrogen) atoms. The van der Waals surface area contributed by atoms with Gasteiger partial charge < -0.3 is 23.9 Å². The zero-order chi connectivity index (χ0) is 24.5. The third kappa shape index (κ3) is 4.21. The van der Waals surface area contributed by atoms with E-state index in [-0.39, 0.29) is 24.0 Å². The van der Waals surface area contributed by atoms with Crippen LogP contribution in [0.4, 0.5) is 0 Å². The van der Waals surface area contributed by atoms with E-state index < -0.39 is 17.7 Å². The fourth-order valence-electron chi connectivity index (χ4n) is 4.61. The average molecular weight is 472 g/mol. The standard InChI is InChI=1S/C28H25NO6/c1-3-11-33-21-7-4-6-18(15-21)25-24(27(31)28(32)29(25)16-22-8-5-12-34-22)26(30)19-9-10-23-20(14-19)13-17(2)35-23/h3-10,12,14-15,17,25,30H,1,11,13,16H2,2H3/b26-24-. The maximum atomic E-state index is 13.3. The van der Waals surface area contributed by atoms with Gasteiger partial charge in [0, 0.05) is 12.0 Å². The van der Waals surface area contributed by atoms with Gasteiger partial charge in [0.1, 0.15) is 35.7 Å². The molecular formula is C28H25NO6. The van der Waals surface area contributed by atoms with Crippen LogP contribution < -0.4 is 9.47 Å². The lowest BCUT2D eigenvalue weighted by atomic mass is 9.94. The highest BCUT2D eigenvalue weighted by Crippen LogP contribution is 2.42. The van der Waals surface area contributed by atoms with Crippen molar-refractivity contribution < 1.29 is 28.6 Å². The molecule has 2 unspecified atom stereocenters. The first-order chi connectivity index (χ1) is 17.0. The molecule has 2 atom stereocenters. The van der Waals surface area contributed by atoms with E-state index in [1.807, 2.05) is 13.0 Å². The fraction of sp³-hybridized carbons (Fsp3) is 0.214. The lowest BCUT2D eigenvalue weighted by molar-refractivity contribution is -0.140. The molecule has 1 amide bonds. The van der Waals surface area contributed by atoms with Gasteiger partial charge in [0.15, 0.2) is 0 Å². The van der Waals surface area contributed by atoms with E-state index >= 15 is 0 Å². The van der Waals surface area contributed by atoms with Crippen LogP contribution in [0.25, 0.3) is 5.76 Å². The summed E-state index contributed by atoms with van der Waals surface area (Å²) in [6.45, 7) is 6.03. The second-order valence-corrected chi connectivity index (χ2v) is 8.63. The first kappa shape index (κ1) is 22.5. The first-order valence-corrected chi connectivity index (χ1v) is 11.4. The van der Waals surface area contributed by atoms with Gasteiger partial charge in [0.2, 0.25) is 0 Å². The predicted molar refractivity (Wildman–Crippen MR) is 129 cm³/mol. The molecule has 3 aromatic rings. The fourth-order valence-corrected chi connectivity index (χ4v) is 4.61. The number of aliphatic hydroxyl groups is 1. The summed E-state index contributed by atoms with van der Waals surface area (Å²) in [6, 6.07) is 15.1. The molecule has 7 nitrogen and oxygen atoms in total. The summed E-state index contributed by atoms with van der Waals surface area (Å²) in [5.74, 6) is 0.172. The Hall–Kier alpha value is -4.26. The summed E-state index contributed by atoms with van der Waals surface area (Å²) in [6.07, 6.45) is 3.89. The highest BCUT2D eigenvalue weighted by molar-refractivity contribution is 6.46. The lowest BCUT2D eigenvalue weighted by Gasteiger charge is -2.25. The predicted octanol–water partition coefficient (Wildman–Crippen LogP) is 4.79. The van der Waals surface area contributed by atoms with Crippen molar-refractivity contribution in [2.24, 2.45) is 0 Å². The van der Waals surface area contributed by atoms with E-state index in [4.69, 9.17) is 13.9 Å². The number of carbonyl (C=O) groups excluding carboxylic acids is 2. The zero-order valence-corrected chi connectivity index (χ0v) is 19.3. The second kappa shape index (κ2) is 9.18. The van der Waals surface area contributed by atoms with Crippen LogP contribution in [0.3, 0.4) is 0 Å². The number of nitrogens with zero attached hydrogens (tertiary/aromatic N) is 1. The van der Waals surface area contributed by atoms with Crippen molar-refractivity contribution in [2.75, 3.05) is 6.61 Å². The van der Waals surface area contributed by atoms with Crippen LogP contribution in [0, 0.1) is 0 Å². The Morgan fingerprint density at radius 1 is 1.20 bits per heavy atom. The summed E-state index contributed by atoms with van der Waals surface area (Å²) in [7, 11) is 0. The minimum absolute atomic E-state index is 0.0225. The van der Waals surface area contributed by atoms with E-state index in [1.54, 1.807) is 54.6 Å². The molecule has 1 fully saturated rings. The number of hydrogen-bond donors (Lipinski definition) is 1. The SMILES string of the molecule is C=CCOc1cccc(C2/C(=C(/O)c3ccc4c(c3)CC(C)O4)C(=O)C(=O)N2Cc2ccco2)c1. The topological polar surface area (TPSA) is 89.2 Å². The van der Waals surface area contributed by atoms with Gasteiger partial charge in [-0.2, -0.15) is 0 Å². The molecule has 2 aromatic carbocycles. The first-order valence-electron chi connectivity index (χ1n) is 11.4. The van der Waals surface area contributed by atoms with Crippen LogP contribution in [0.15, 0.2) is 83.5 Å². The Morgan fingerprint density at radius 3 is 2.83 bits per heavy atom. The number of ether oxygens (including phenoxy) is 2. The quantitative estimate of drug-likeness (QED) is 0.231. The van der Waals surface area contributed by atoms with Crippen molar-refractivity contribution in [1.29, 1.82) is 0 Å². The number of ketones is 1. The number of carbonyl (C=O) groups is 2. The van der Waals surface area contributed by atoms with Crippen molar-refractivity contribution in [3.05, 3.63) is 102 Å². The summed E-state index contributed by atoms with van der Waals surface area (Å²) in [5, 5.41) is 11.4. The van der Waals surface area contributed by atoms with Crippen molar-refractivity contribution >= 4 is 17.4 Å². The Balaban J connectivity index is 1.62. The molecule has 5 rings (SSSR count). The number of aliphatic hydroxyl groups excluding tert-OH is 1. The van der Waals surface area contributed by atoms with Crippen molar-refractivity contribution in [1.82, 2.24) is 4.90 Å². The number of Topliss-reactive ketones (excluding diaryl/α,β-unsaturated/α-hetero) is 1. The normalized spacial score (nSPS) is 20.5. The smallest absolute Gasteiger partial charge is 0.296 e. The van der Waals surface area contributed by atoms with Gasteiger partial charge >= 0.3 is 0 Å². The number of furan rings is 1. The molecule has 1 N–H and O–H groups in total. The van der Waals surface area contributed by atoms with Gasteiger partial charge in [-0.3, -0.25) is 9.59 Å². The molecule has 1 aromatic heterocycles. The maximum absolute atomic E-state index is 13.3. The molecule has 0 saturated carbocycles.